The largest absolute Gasteiger partial charge is 0.381 e. The van der Waals surface area contributed by atoms with E-state index in [4.69, 9.17) is 4.74 Å². The van der Waals surface area contributed by atoms with Crippen molar-refractivity contribution in [3.63, 3.8) is 0 Å². The molecule has 1 aliphatic heterocycles. The molecule has 1 fully saturated rings. The molecule has 0 unspecified atom stereocenters. The zero-order valence-corrected chi connectivity index (χ0v) is 10.6. The van der Waals surface area contributed by atoms with Crippen molar-refractivity contribution in [3.05, 3.63) is 30.1 Å². The van der Waals surface area contributed by atoms with Gasteiger partial charge in [-0.05, 0) is 42.9 Å². The summed E-state index contributed by atoms with van der Waals surface area (Å²) in [4.78, 5) is 15.7. The van der Waals surface area contributed by atoms with Crippen LogP contribution in [0.2, 0.25) is 0 Å². The van der Waals surface area contributed by atoms with E-state index in [1.165, 1.54) is 5.56 Å². The zero-order valence-electron chi connectivity index (χ0n) is 10.6. The van der Waals surface area contributed by atoms with E-state index in [1.807, 2.05) is 12.1 Å². The van der Waals surface area contributed by atoms with E-state index in [0.717, 1.165) is 32.5 Å². The van der Waals surface area contributed by atoms with Gasteiger partial charge in [-0.3, -0.25) is 9.78 Å². The van der Waals surface area contributed by atoms with Crippen LogP contribution >= 0.6 is 0 Å². The van der Waals surface area contributed by atoms with Crippen molar-refractivity contribution in [1.82, 2.24) is 10.3 Å². The second-order valence-electron chi connectivity index (χ2n) is 4.74. The van der Waals surface area contributed by atoms with Gasteiger partial charge in [0.05, 0.1) is 0 Å². The topological polar surface area (TPSA) is 51.2 Å². The number of carbonyl (C=O) groups excluding carboxylic acids is 1. The van der Waals surface area contributed by atoms with Crippen LogP contribution in [0.15, 0.2) is 24.5 Å². The van der Waals surface area contributed by atoms with Gasteiger partial charge in [-0.15, -0.1) is 0 Å². The van der Waals surface area contributed by atoms with Gasteiger partial charge >= 0.3 is 0 Å². The molecule has 0 radical (unpaired) electrons. The molecule has 1 N–H and O–H groups in total. The fourth-order valence-corrected chi connectivity index (χ4v) is 2.20. The molecule has 4 nitrogen and oxygen atoms in total. The number of hydrogen-bond acceptors (Lipinski definition) is 3. The molecule has 1 saturated heterocycles. The fraction of sp³-hybridized carbons (Fsp3) is 0.571. The molecule has 0 spiro atoms. The highest BCUT2D eigenvalue weighted by Gasteiger charge is 2.17. The van der Waals surface area contributed by atoms with Gasteiger partial charge in [0.25, 0.3) is 0 Å². The summed E-state index contributed by atoms with van der Waals surface area (Å²) in [6, 6.07) is 3.95. The molecule has 0 saturated carbocycles. The lowest BCUT2D eigenvalue weighted by Crippen LogP contribution is -2.30. The maximum absolute atomic E-state index is 11.7. The molecule has 0 aliphatic carbocycles. The normalized spacial score (nSPS) is 19.4. The average molecular weight is 248 g/mol. The Balaban J connectivity index is 1.62. The first kappa shape index (κ1) is 13.0. The first-order chi connectivity index (χ1) is 8.84. The number of nitrogens with one attached hydrogen (secondary N) is 1. The monoisotopic (exact) mass is 248 g/mol. The van der Waals surface area contributed by atoms with Crippen LogP contribution in [0.25, 0.3) is 0 Å². The van der Waals surface area contributed by atoms with E-state index in [-0.39, 0.29) is 5.91 Å². The van der Waals surface area contributed by atoms with Gasteiger partial charge in [-0.25, -0.2) is 0 Å². The van der Waals surface area contributed by atoms with Crippen LogP contribution in [-0.4, -0.2) is 30.6 Å². The molecule has 98 valence electrons. The maximum atomic E-state index is 11.7. The summed E-state index contributed by atoms with van der Waals surface area (Å²) in [6.07, 6.45) is 7.19. The van der Waals surface area contributed by atoms with Crippen molar-refractivity contribution >= 4 is 5.91 Å². The minimum absolute atomic E-state index is 0.138. The second kappa shape index (κ2) is 7.11. The van der Waals surface area contributed by atoms with Crippen LogP contribution in [0.1, 0.15) is 24.8 Å². The maximum Gasteiger partial charge on any atom is 0.220 e. The van der Waals surface area contributed by atoms with Crippen molar-refractivity contribution in [2.24, 2.45) is 5.92 Å². The molecular formula is C14H20N2O2. The van der Waals surface area contributed by atoms with Gasteiger partial charge in [0.15, 0.2) is 0 Å². The Morgan fingerprint density at radius 2 is 2.28 bits per heavy atom. The molecule has 2 rings (SSSR count). The number of rotatable bonds is 5. The van der Waals surface area contributed by atoms with Crippen molar-refractivity contribution < 1.29 is 9.53 Å². The molecule has 1 amide bonds. The second-order valence-corrected chi connectivity index (χ2v) is 4.74. The Morgan fingerprint density at radius 1 is 1.44 bits per heavy atom. The van der Waals surface area contributed by atoms with Crippen molar-refractivity contribution in [3.8, 4) is 0 Å². The van der Waals surface area contributed by atoms with Gasteiger partial charge in [0.1, 0.15) is 0 Å². The van der Waals surface area contributed by atoms with Gasteiger partial charge in [0, 0.05) is 38.6 Å². The minimum Gasteiger partial charge on any atom is -0.381 e. The Morgan fingerprint density at radius 3 is 3.00 bits per heavy atom. The Labute approximate surface area is 108 Å². The molecule has 0 bridgehead atoms. The standard InChI is InChI=1S/C14H20N2O2/c17-14(10-13-2-1-9-18-11-13)16-8-5-12-3-6-15-7-4-12/h3-4,6-7,13H,1-2,5,8-11H2,(H,16,17)/t13-/m1/s1. The average Bonchev–Trinajstić information content (AvgIpc) is 2.41. The molecule has 1 aliphatic rings. The third-order valence-electron chi connectivity index (χ3n) is 3.21. The Kier molecular flexibility index (Phi) is 5.15. The van der Waals surface area contributed by atoms with E-state index in [1.54, 1.807) is 12.4 Å². The zero-order chi connectivity index (χ0) is 12.6. The number of carbonyl (C=O) groups is 1. The predicted octanol–water partition coefficient (Wildman–Crippen LogP) is 1.56. The number of nitrogens with zero attached hydrogens (tertiary/aromatic N) is 1. The number of pyridine rings is 1. The van der Waals surface area contributed by atoms with Gasteiger partial charge in [-0.2, -0.15) is 0 Å². The molecule has 0 aromatic carbocycles. The van der Waals surface area contributed by atoms with E-state index in [9.17, 15) is 4.79 Å². The third-order valence-corrected chi connectivity index (χ3v) is 3.21. The van der Waals surface area contributed by atoms with Crippen molar-refractivity contribution in [1.29, 1.82) is 0 Å². The fourth-order valence-electron chi connectivity index (χ4n) is 2.20. The highest BCUT2D eigenvalue weighted by Crippen LogP contribution is 2.16. The quantitative estimate of drug-likeness (QED) is 0.860. The predicted molar refractivity (Wildman–Crippen MR) is 69.1 cm³/mol. The smallest absolute Gasteiger partial charge is 0.220 e. The molecule has 18 heavy (non-hydrogen) atoms. The molecular weight excluding hydrogens is 228 g/mol. The van der Waals surface area contributed by atoms with Crippen molar-refractivity contribution in [2.75, 3.05) is 19.8 Å². The van der Waals surface area contributed by atoms with E-state index < -0.39 is 0 Å². The summed E-state index contributed by atoms with van der Waals surface area (Å²) in [5.41, 5.74) is 1.20. The lowest BCUT2D eigenvalue weighted by Gasteiger charge is -2.21. The van der Waals surface area contributed by atoms with Crippen LogP contribution in [0.5, 0.6) is 0 Å². The summed E-state index contributed by atoms with van der Waals surface area (Å²) in [5, 5.41) is 2.96. The summed E-state index contributed by atoms with van der Waals surface area (Å²) in [7, 11) is 0. The molecule has 1 aromatic rings. The first-order valence-electron chi connectivity index (χ1n) is 6.58. The Hall–Kier alpha value is -1.42. The highest BCUT2D eigenvalue weighted by molar-refractivity contribution is 5.76. The summed E-state index contributed by atoms with van der Waals surface area (Å²) >= 11 is 0. The highest BCUT2D eigenvalue weighted by atomic mass is 16.5. The molecule has 2 heterocycles. The molecule has 1 atom stereocenters. The summed E-state index contributed by atoms with van der Waals surface area (Å²) in [5.74, 6) is 0.541. The van der Waals surface area contributed by atoms with E-state index >= 15 is 0 Å². The number of amides is 1. The molecule has 4 heteroatoms. The number of aromatic nitrogens is 1. The van der Waals surface area contributed by atoms with Crippen LogP contribution in [0.3, 0.4) is 0 Å². The van der Waals surface area contributed by atoms with Crippen LogP contribution in [0, 0.1) is 5.92 Å². The summed E-state index contributed by atoms with van der Waals surface area (Å²) < 4.78 is 5.37. The SMILES string of the molecule is O=C(C[C@H]1CCCOC1)NCCc1ccncc1. The van der Waals surface area contributed by atoms with Gasteiger partial charge < -0.3 is 10.1 Å². The summed E-state index contributed by atoms with van der Waals surface area (Å²) in [6.45, 7) is 2.27. The van der Waals surface area contributed by atoms with E-state index in [0.29, 0.717) is 18.9 Å². The van der Waals surface area contributed by atoms with Crippen LogP contribution in [0.4, 0.5) is 0 Å². The number of hydrogen-bond donors (Lipinski definition) is 1. The minimum atomic E-state index is 0.138. The van der Waals surface area contributed by atoms with Crippen LogP contribution in [-0.2, 0) is 16.0 Å². The van der Waals surface area contributed by atoms with Crippen molar-refractivity contribution in [2.45, 2.75) is 25.7 Å². The van der Waals surface area contributed by atoms with Gasteiger partial charge in [-0.1, -0.05) is 0 Å². The van der Waals surface area contributed by atoms with Crippen LogP contribution < -0.4 is 5.32 Å². The Bertz CT molecular complexity index is 361. The molecule has 1 aromatic heterocycles. The van der Waals surface area contributed by atoms with E-state index in [2.05, 4.69) is 10.3 Å². The first-order valence-corrected chi connectivity index (χ1v) is 6.58. The number of ether oxygens (including phenoxy) is 1. The third kappa shape index (κ3) is 4.45. The van der Waals surface area contributed by atoms with Gasteiger partial charge in [0.2, 0.25) is 5.91 Å². The lowest BCUT2D eigenvalue weighted by molar-refractivity contribution is -0.123. The lowest BCUT2D eigenvalue weighted by atomic mass is 9.98.